The van der Waals surface area contributed by atoms with Crippen LogP contribution in [0.5, 0.6) is 0 Å². The van der Waals surface area contributed by atoms with Gasteiger partial charge in [-0.2, -0.15) is 0 Å². The Labute approximate surface area is 90.4 Å². The molecule has 0 aromatic heterocycles. The van der Waals surface area contributed by atoms with Gasteiger partial charge in [0.05, 0.1) is 5.41 Å². The first kappa shape index (κ1) is 10.1. The molecular weight excluding hydrogens is 250 g/mol. The maximum absolute atomic E-state index is 13.6. The molecule has 2 rings (SSSR count). The SMILES string of the molecule is CC1(C)c2cc(Br)ccc2CC1(F)F. The molecule has 1 aliphatic rings. The molecule has 0 heterocycles. The van der Waals surface area contributed by atoms with E-state index in [4.69, 9.17) is 0 Å². The Kier molecular flexibility index (Phi) is 2.01. The van der Waals surface area contributed by atoms with Crippen molar-refractivity contribution in [3.05, 3.63) is 33.8 Å². The first-order valence-corrected chi connectivity index (χ1v) is 5.31. The van der Waals surface area contributed by atoms with Crippen LogP contribution >= 0.6 is 15.9 Å². The maximum atomic E-state index is 13.6. The molecule has 0 fully saturated rings. The zero-order valence-corrected chi connectivity index (χ0v) is 9.66. The summed E-state index contributed by atoms with van der Waals surface area (Å²) in [5.41, 5.74) is 0.478. The van der Waals surface area contributed by atoms with E-state index in [1.165, 1.54) is 0 Å². The summed E-state index contributed by atoms with van der Waals surface area (Å²) in [5.74, 6) is -2.63. The van der Waals surface area contributed by atoms with Crippen molar-refractivity contribution in [1.29, 1.82) is 0 Å². The second-order valence-electron chi connectivity index (χ2n) is 4.31. The molecule has 0 saturated carbocycles. The fourth-order valence-electron chi connectivity index (χ4n) is 1.94. The van der Waals surface area contributed by atoms with E-state index in [9.17, 15) is 8.78 Å². The molecule has 1 aromatic rings. The Bertz CT molecular complexity index is 383. The molecule has 0 bridgehead atoms. The van der Waals surface area contributed by atoms with E-state index in [1.807, 2.05) is 6.07 Å². The molecule has 0 nitrogen and oxygen atoms in total. The molecule has 1 aromatic carbocycles. The lowest BCUT2D eigenvalue weighted by molar-refractivity contribution is -0.0512. The van der Waals surface area contributed by atoms with Crippen LogP contribution in [0.2, 0.25) is 0 Å². The van der Waals surface area contributed by atoms with Crippen LogP contribution in [-0.4, -0.2) is 5.92 Å². The van der Waals surface area contributed by atoms with Gasteiger partial charge in [-0.1, -0.05) is 22.0 Å². The first-order valence-electron chi connectivity index (χ1n) is 4.51. The highest BCUT2D eigenvalue weighted by atomic mass is 79.9. The summed E-state index contributed by atoms with van der Waals surface area (Å²) in [6.45, 7) is 3.20. The lowest BCUT2D eigenvalue weighted by Gasteiger charge is -2.27. The van der Waals surface area contributed by atoms with Crippen LogP contribution in [0, 0.1) is 0 Å². The highest BCUT2D eigenvalue weighted by Crippen LogP contribution is 2.49. The van der Waals surface area contributed by atoms with Gasteiger partial charge in [-0.15, -0.1) is 0 Å². The third kappa shape index (κ3) is 1.22. The molecule has 0 N–H and O–H groups in total. The second-order valence-corrected chi connectivity index (χ2v) is 5.22. The number of alkyl halides is 2. The van der Waals surface area contributed by atoms with E-state index >= 15 is 0 Å². The molecule has 0 spiro atoms. The molecule has 1 aliphatic carbocycles. The lowest BCUT2D eigenvalue weighted by Crippen LogP contribution is -2.36. The van der Waals surface area contributed by atoms with Crippen LogP contribution < -0.4 is 0 Å². The number of benzene rings is 1. The van der Waals surface area contributed by atoms with E-state index in [1.54, 1.807) is 26.0 Å². The first-order chi connectivity index (χ1) is 6.34. The minimum absolute atomic E-state index is 0.136. The second kappa shape index (κ2) is 2.78. The predicted octanol–water partition coefficient (Wildman–Crippen LogP) is 3.92. The summed E-state index contributed by atoms with van der Waals surface area (Å²) < 4.78 is 28.1. The van der Waals surface area contributed by atoms with Crippen LogP contribution in [-0.2, 0) is 11.8 Å². The summed E-state index contributed by atoms with van der Waals surface area (Å²) in [5, 5.41) is 0. The number of rotatable bonds is 0. The third-order valence-electron chi connectivity index (χ3n) is 3.07. The van der Waals surface area contributed by atoms with E-state index in [0.717, 1.165) is 15.6 Å². The fraction of sp³-hybridized carbons (Fsp3) is 0.455. The van der Waals surface area contributed by atoms with Crippen molar-refractivity contribution >= 4 is 15.9 Å². The number of hydrogen-bond donors (Lipinski definition) is 0. The summed E-state index contributed by atoms with van der Waals surface area (Å²) in [6.07, 6.45) is -0.136. The summed E-state index contributed by atoms with van der Waals surface area (Å²) in [7, 11) is 0. The average Bonchev–Trinajstić information content (AvgIpc) is 2.22. The van der Waals surface area contributed by atoms with Crippen LogP contribution in [0.15, 0.2) is 22.7 Å². The van der Waals surface area contributed by atoms with Crippen LogP contribution in [0.25, 0.3) is 0 Å². The van der Waals surface area contributed by atoms with E-state index in [-0.39, 0.29) is 6.42 Å². The molecule has 0 unspecified atom stereocenters. The van der Waals surface area contributed by atoms with E-state index in [2.05, 4.69) is 15.9 Å². The van der Waals surface area contributed by atoms with Gasteiger partial charge in [0, 0.05) is 10.9 Å². The van der Waals surface area contributed by atoms with Crippen molar-refractivity contribution < 1.29 is 8.78 Å². The predicted molar refractivity (Wildman–Crippen MR) is 55.8 cm³/mol. The average molecular weight is 261 g/mol. The monoisotopic (exact) mass is 260 g/mol. The van der Waals surface area contributed by atoms with E-state index in [0.29, 0.717) is 0 Å². The molecule has 0 atom stereocenters. The van der Waals surface area contributed by atoms with Gasteiger partial charge in [-0.05, 0) is 37.1 Å². The highest BCUT2D eigenvalue weighted by molar-refractivity contribution is 9.10. The van der Waals surface area contributed by atoms with Crippen LogP contribution in [0.1, 0.15) is 25.0 Å². The normalized spacial score (nSPS) is 22.1. The third-order valence-corrected chi connectivity index (χ3v) is 3.57. The quantitative estimate of drug-likeness (QED) is 0.664. The molecule has 3 heteroatoms. The van der Waals surface area contributed by atoms with Crippen molar-refractivity contribution in [3.63, 3.8) is 0 Å². The Hall–Kier alpha value is -0.440. The topological polar surface area (TPSA) is 0 Å². The van der Waals surface area contributed by atoms with Gasteiger partial charge >= 0.3 is 0 Å². The smallest absolute Gasteiger partial charge is 0.206 e. The Morgan fingerprint density at radius 3 is 2.57 bits per heavy atom. The minimum atomic E-state index is -2.63. The Morgan fingerprint density at radius 1 is 1.29 bits per heavy atom. The van der Waals surface area contributed by atoms with Gasteiger partial charge in [-0.25, -0.2) is 8.78 Å². The molecule has 0 aliphatic heterocycles. The Balaban J connectivity index is 2.62. The summed E-state index contributed by atoms with van der Waals surface area (Å²) in [4.78, 5) is 0. The van der Waals surface area contributed by atoms with Gasteiger partial charge < -0.3 is 0 Å². The molecule has 0 radical (unpaired) electrons. The minimum Gasteiger partial charge on any atom is -0.206 e. The van der Waals surface area contributed by atoms with Crippen molar-refractivity contribution in [2.24, 2.45) is 0 Å². The molecule has 14 heavy (non-hydrogen) atoms. The zero-order chi connectivity index (χ0) is 10.6. The number of halogens is 3. The molecule has 0 saturated heterocycles. The van der Waals surface area contributed by atoms with E-state index < -0.39 is 11.3 Å². The zero-order valence-electron chi connectivity index (χ0n) is 8.07. The van der Waals surface area contributed by atoms with Gasteiger partial charge in [0.2, 0.25) is 0 Å². The molecule has 76 valence electrons. The largest absolute Gasteiger partial charge is 0.261 e. The summed E-state index contributed by atoms with van der Waals surface area (Å²) in [6, 6.07) is 5.40. The Morgan fingerprint density at radius 2 is 1.93 bits per heavy atom. The van der Waals surface area contributed by atoms with Crippen LogP contribution in [0.3, 0.4) is 0 Å². The summed E-state index contributed by atoms with van der Waals surface area (Å²) >= 11 is 3.31. The standard InChI is InChI=1S/C11H11BrF2/c1-10(2)9-5-8(12)4-3-7(9)6-11(10,13)14/h3-5H,6H2,1-2H3. The van der Waals surface area contributed by atoms with Gasteiger partial charge in [0.15, 0.2) is 0 Å². The van der Waals surface area contributed by atoms with Crippen molar-refractivity contribution in [2.45, 2.75) is 31.6 Å². The van der Waals surface area contributed by atoms with Crippen molar-refractivity contribution in [1.82, 2.24) is 0 Å². The maximum Gasteiger partial charge on any atom is 0.261 e. The van der Waals surface area contributed by atoms with Crippen molar-refractivity contribution in [2.75, 3.05) is 0 Å². The van der Waals surface area contributed by atoms with Gasteiger partial charge in [0.25, 0.3) is 5.92 Å². The molecule has 0 amide bonds. The number of hydrogen-bond acceptors (Lipinski definition) is 0. The lowest BCUT2D eigenvalue weighted by atomic mass is 9.84. The van der Waals surface area contributed by atoms with Gasteiger partial charge in [-0.3, -0.25) is 0 Å². The molecular formula is C11H11BrF2. The highest BCUT2D eigenvalue weighted by Gasteiger charge is 2.53. The van der Waals surface area contributed by atoms with Gasteiger partial charge in [0.1, 0.15) is 0 Å². The van der Waals surface area contributed by atoms with Crippen molar-refractivity contribution in [3.8, 4) is 0 Å². The van der Waals surface area contributed by atoms with Crippen LogP contribution in [0.4, 0.5) is 8.78 Å². The fourth-order valence-corrected chi connectivity index (χ4v) is 2.30. The number of fused-ring (bicyclic) bond motifs is 1.